The number of benzene rings is 1. The number of aliphatic carboxylic acids is 1. The normalized spacial score (nSPS) is 10.3. The van der Waals surface area contributed by atoms with Crippen molar-refractivity contribution in [3.8, 4) is 11.3 Å². The molecule has 1 heterocycles. The number of halogens is 1. The molecule has 16 heavy (non-hydrogen) atoms. The van der Waals surface area contributed by atoms with Gasteiger partial charge in [0, 0.05) is 5.56 Å². The lowest BCUT2D eigenvalue weighted by atomic mass is 10.1. The molecule has 4 nitrogen and oxygen atoms in total. The number of carbonyl (C=O) groups is 1. The summed E-state index contributed by atoms with van der Waals surface area (Å²) in [7, 11) is 0. The molecule has 0 spiro atoms. The minimum atomic E-state index is -0.977. The Morgan fingerprint density at radius 1 is 1.44 bits per heavy atom. The predicted molar refractivity (Wildman–Crippen MR) is 55.3 cm³/mol. The third kappa shape index (κ3) is 2.08. The Kier molecular flexibility index (Phi) is 2.68. The van der Waals surface area contributed by atoms with Crippen LogP contribution in [0.3, 0.4) is 0 Å². The standard InChI is InChI=1S/C11H9FN2O2/c12-8-4-2-1-3-7(8)9-6-13-10(14-9)5-11(15)16/h1-4,6H,5H2,(H,13,14)(H,15,16). The van der Waals surface area contributed by atoms with Crippen LogP contribution in [0, 0.1) is 5.82 Å². The molecular weight excluding hydrogens is 211 g/mol. The lowest BCUT2D eigenvalue weighted by Crippen LogP contribution is -2.01. The Hall–Kier alpha value is -2.17. The summed E-state index contributed by atoms with van der Waals surface area (Å²) >= 11 is 0. The molecule has 0 radical (unpaired) electrons. The van der Waals surface area contributed by atoms with Crippen molar-refractivity contribution in [1.82, 2.24) is 9.97 Å². The molecule has 0 saturated heterocycles. The van der Waals surface area contributed by atoms with E-state index >= 15 is 0 Å². The van der Waals surface area contributed by atoms with Gasteiger partial charge in [-0.25, -0.2) is 9.37 Å². The number of carboxylic acids is 1. The molecule has 2 N–H and O–H groups in total. The summed E-state index contributed by atoms with van der Waals surface area (Å²) in [4.78, 5) is 17.1. The first-order chi connectivity index (χ1) is 7.66. The summed E-state index contributed by atoms with van der Waals surface area (Å²) in [6, 6.07) is 6.24. The van der Waals surface area contributed by atoms with E-state index in [9.17, 15) is 9.18 Å². The van der Waals surface area contributed by atoms with Crippen molar-refractivity contribution in [2.24, 2.45) is 0 Å². The number of imidazole rings is 1. The number of rotatable bonds is 3. The van der Waals surface area contributed by atoms with E-state index in [1.165, 1.54) is 12.3 Å². The van der Waals surface area contributed by atoms with E-state index in [0.717, 1.165) is 0 Å². The van der Waals surface area contributed by atoms with Gasteiger partial charge in [0.05, 0.1) is 11.9 Å². The van der Waals surface area contributed by atoms with Crippen LogP contribution in [0.2, 0.25) is 0 Å². The van der Waals surface area contributed by atoms with Crippen molar-refractivity contribution < 1.29 is 14.3 Å². The van der Waals surface area contributed by atoms with Crippen LogP contribution in [0.4, 0.5) is 4.39 Å². The molecule has 0 saturated carbocycles. The smallest absolute Gasteiger partial charge is 0.311 e. The topological polar surface area (TPSA) is 66.0 Å². The monoisotopic (exact) mass is 220 g/mol. The molecule has 0 amide bonds. The van der Waals surface area contributed by atoms with Crippen molar-refractivity contribution in [1.29, 1.82) is 0 Å². The highest BCUT2D eigenvalue weighted by Gasteiger charge is 2.09. The van der Waals surface area contributed by atoms with Crippen molar-refractivity contribution in [3.63, 3.8) is 0 Å². The molecule has 1 aromatic heterocycles. The van der Waals surface area contributed by atoms with Crippen LogP contribution in [0.1, 0.15) is 5.82 Å². The summed E-state index contributed by atoms with van der Waals surface area (Å²) < 4.78 is 13.4. The molecule has 0 fully saturated rings. The van der Waals surface area contributed by atoms with Crippen molar-refractivity contribution >= 4 is 5.97 Å². The molecule has 1 aromatic carbocycles. The van der Waals surface area contributed by atoms with Gasteiger partial charge in [-0.05, 0) is 12.1 Å². The number of aromatic nitrogens is 2. The summed E-state index contributed by atoms with van der Waals surface area (Å²) in [5.74, 6) is -1.03. The summed E-state index contributed by atoms with van der Waals surface area (Å²) in [6.45, 7) is 0. The molecule has 0 bridgehead atoms. The van der Waals surface area contributed by atoms with Gasteiger partial charge >= 0.3 is 5.97 Å². The lowest BCUT2D eigenvalue weighted by Gasteiger charge is -1.98. The number of nitrogens with zero attached hydrogens (tertiary/aromatic N) is 1. The first kappa shape index (κ1) is 10.4. The van der Waals surface area contributed by atoms with E-state index in [2.05, 4.69) is 9.97 Å². The molecule has 0 aliphatic carbocycles. The molecule has 2 aromatic rings. The SMILES string of the molecule is O=C(O)Cc1ncc(-c2ccccc2F)[nH]1. The summed E-state index contributed by atoms with van der Waals surface area (Å²) in [5.41, 5.74) is 0.862. The highest BCUT2D eigenvalue weighted by atomic mass is 19.1. The summed E-state index contributed by atoms with van der Waals surface area (Å²) in [6.07, 6.45) is 1.23. The molecular formula is C11H9FN2O2. The van der Waals surface area contributed by atoms with E-state index in [1.54, 1.807) is 18.2 Å². The predicted octanol–water partition coefficient (Wildman–Crippen LogP) is 1.84. The zero-order chi connectivity index (χ0) is 11.5. The maximum absolute atomic E-state index is 13.4. The third-order valence-electron chi connectivity index (χ3n) is 2.11. The van der Waals surface area contributed by atoms with Gasteiger partial charge in [0.1, 0.15) is 18.1 Å². The maximum atomic E-state index is 13.4. The van der Waals surface area contributed by atoms with Gasteiger partial charge in [-0.15, -0.1) is 0 Å². The van der Waals surface area contributed by atoms with Crippen LogP contribution in [0.25, 0.3) is 11.3 Å². The Bertz CT molecular complexity index is 522. The van der Waals surface area contributed by atoms with E-state index in [1.807, 2.05) is 0 Å². The molecule has 0 aliphatic heterocycles. The average molecular weight is 220 g/mol. The van der Waals surface area contributed by atoms with E-state index in [4.69, 9.17) is 5.11 Å². The minimum Gasteiger partial charge on any atom is -0.481 e. The average Bonchev–Trinajstić information content (AvgIpc) is 2.66. The number of carboxylic acid groups (broad SMARTS) is 1. The zero-order valence-electron chi connectivity index (χ0n) is 8.27. The quantitative estimate of drug-likeness (QED) is 0.829. The summed E-state index contributed by atoms with van der Waals surface area (Å²) in [5, 5.41) is 8.57. The second kappa shape index (κ2) is 4.14. The van der Waals surface area contributed by atoms with Crippen molar-refractivity contribution in [2.45, 2.75) is 6.42 Å². The van der Waals surface area contributed by atoms with Crippen LogP contribution >= 0.6 is 0 Å². The molecule has 82 valence electrons. The largest absolute Gasteiger partial charge is 0.481 e. The number of nitrogens with one attached hydrogen (secondary N) is 1. The Morgan fingerprint density at radius 3 is 2.88 bits per heavy atom. The number of hydrogen-bond donors (Lipinski definition) is 2. The van der Waals surface area contributed by atoms with Crippen molar-refractivity contribution in [2.75, 3.05) is 0 Å². The van der Waals surface area contributed by atoms with Gasteiger partial charge in [0.15, 0.2) is 0 Å². The van der Waals surface area contributed by atoms with Gasteiger partial charge in [-0.2, -0.15) is 0 Å². The fourth-order valence-electron chi connectivity index (χ4n) is 1.41. The van der Waals surface area contributed by atoms with Gasteiger partial charge in [-0.1, -0.05) is 12.1 Å². The zero-order valence-corrected chi connectivity index (χ0v) is 8.27. The van der Waals surface area contributed by atoms with Crippen LogP contribution in [-0.4, -0.2) is 21.0 Å². The highest BCUT2D eigenvalue weighted by molar-refractivity contribution is 5.69. The Labute approximate surface area is 90.8 Å². The molecule has 0 atom stereocenters. The second-order valence-corrected chi connectivity index (χ2v) is 3.29. The molecule has 2 rings (SSSR count). The minimum absolute atomic E-state index is 0.200. The molecule has 5 heteroatoms. The van der Waals surface area contributed by atoms with E-state index < -0.39 is 5.97 Å². The Morgan fingerprint density at radius 2 is 2.19 bits per heavy atom. The first-order valence-electron chi connectivity index (χ1n) is 4.67. The van der Waals surface area contributed by atoms with Crippen LogP contribution < -0.4 is 0 Å². The fourth-order valence-corrected chi connectivity index (χ4v) is 1.41. The van der Waals surface area contributed by atoms with E-state index in [-0.39, 0.29) is 12.2 Å². The molecule has 0 aliphatic rings. The number of H-pyrrole nitrogens is 1. The van der Waals surface area contributed by atoms with Gasteiger partial charge in [0.25, 0.3) is 0 Å². The number of aromatic amines is 1. The number of hydrogen-bond acceptors (Lipinski definition) is 2. The molecule has 0 unspecified atom stereocenters. The first-order valence-corrected chi connectivity index (χ1v) is 4.67. The van der Waals surface area contributed by atoms with Gasteiger partial charge < -0.3 is 10.1 Å². The fraction of sp³-hybridized carbons (Fsp3) is 0.0909. The van der Waals surface area contributed by atoms with Gasteiger partial charge in [-0.3, -0.25) is 4.79 Å². The van der Waals surface area contributed by atoms with Crippen LogP contribution in [0.5, 0.6) is 0 Å². The Balaban J connectivity index is 2.32. The maximum Gasteiger partial charge on any atom is 0.311 e. The van der Waals surface area contributed by atoms with Gasteiger partial charge in [0.2, 0.25) is 0 Å². The van der Waals surface area contributed by atoms with Crippen LogP contribution in [0.15, 0.2) is 30.5 Å². The van der Waals surface area contributed by atoms with Crippen molar-refractivity contribution in [3.05, 3.63) is 42.1 Å². The highest BCUT2D eigenvalue weighted by Crippen LogP contribution is 2.20. The third-order valence-corrected chi connectivity index (χ3v) is 2.11. The van der Waals surface area contributed by atoms with E-state index in [0.29, 0.717) is 17.1 Å². The van der Waals surface area contributed by atoms with Crippen LogP contribution in [-0.2, 0) is 11.2 Å². The lowest BCUT2D eigenvalue weighted by molar-refractivity contribution is -0.136. The second-order valence-electron chi connectivity index (χ2n) is 3.29.